The summed E-state index contributed by atoms with van der Waals surface area (Å²) in [6, 6.07) is 11.7. The van der Waals surface area contributed by atoms with E-state index in [0.29, 0.717) is 17.9 Å². The van der Waals surface area contributed by atoms with Crippen molar-refractivity contribution >= 4 is 17.1 Å². The Balaban J connectivity index is 1.71. The summed E-state index contributed by atoms with van der Waals surface area (Å²) in [6.45, 7) is 6.99. The SMILES string of the molecule is CC(C)(C)c1ccc(CNc2c(Nc3ccncc3)c(=O)c2=O)cc1. The molecule has 0 radical (unpaired) electrons. The minimum absolute atomic E-state index is 0.104. The number of aromatic nitrogens is 1. The molecule has 1 aromatic heterocycles. The van der Waals surface area contributed by atoms with Gasteiger partial charge in [0.15, 0.2) is 0 Å². The van der Waals surface area contributed by atoms with E-state index in [1.165, 1.54) is 5.56 Å². The third-order valence-corrected chi connectivity index (χ3v) is 4.15. The van der Waals surface area contributed by atoms with Crippen molar-refractivity contribution < 1.29 is 0 Å². The summed E-state index contributed by atoms with van der Waals surface area (Å²) < 4.78 is 0. The third kappa shape index (κ3) is 3.60. The summed E-state index contributed by atoms with van der Waals surface area (Å²) in [4.78, 5) is 27.6. The van der Waals surface area contributed by atoms with E-state index in [-0.39, 0.29) is 5.41 Å². The number of nitrogens with one attached hydrogen (secondary N) is 2. The van der Waals surface area contributed by atoms with Gasteiger partial charge in [-0.15, -0.1) is 0 Å². The maximum absolute atomic E-state index is 11.8. The smallest absolute Gasteiger partial charge is 0.253 e. The molecule has 128 valence electrons. The van der Waals surface area contributed by atoms with Crippen LogP contribution in [0.3, 0.4) is 0 Å². The second-order valence-corrected chi connectivity index (χ2v) is 7.07. The summed E-state index contributed by atoms with van der Waals surface area (Å²) >= 11 is 0. The van der Waals surface area contributed by atoms with Gasteiger partial charge < -0.3 is 10.6 Å². The minimum atomic E-state index is -0.498. The van der Waals surface area contributed by atoms with Crippen molar-refractivity contribution in [1.82, 2.24) is 4.98 Å². The first-order chi connectivity index (χ1) is 11.9. The van der Waals surface area contributed by atoms with Gasteiger partial charge in [-0.3, -0.25) is 14.6 Å². The van der Waals surface area contributed by atoms with Crippen molar-refractivity contribution in [2.45, 2.75) is 32.7 Å². The molecule has 25 heavy (non-hydrogen) atoms. The highest BCUT2D eigenvalue weighted by molar-refractivity contribution is 5.78. The van der Waals surface area contributed by atoms with Gasteiger partial charge in [-0.1, -0.05) is 45.0 Å². The molecule has 0 bridgehead atoms. The molecule has 2 aromatic carbocycles. The lowest BCUT2D eigenvalue weighted by atomic mass is 9.87. The molecule has 0 aliphatic heterocycles. The van der Waals surface area contributed by atoms with Gasteiger partial charge in [0.2, 0.25) is 0 Å². The Kier molecular flexibility index (Phi) is 4.40. The third-order valence-electron chi connectivity index (χ3n) is 4.15. The molecule has 0 amide bonds. The number of nitrogens with zero attached hydrogens (tertiary/aromatic N) is 1. The molecule has 2 N–H and O–H groups in total. The van der Waals surface area contributed by atoms with Crippen molar-refractivity contribution in [2.24, 2.45) is 0 Å². The minimum Gasteiger partial charge on any atom is -0.376 e. The van der Waals surface area contributed by atoms with Crippen LogP contribution in [-0.4, -0.2) is 4.98 Å². The standard InChI is InChI=1S/C20H21N3O2/c1-20(2,3)14-6-4-13(5-7-14)12-22-16-17(19(25)18(16)24)23-15-8-10-21-11-9-15/h4-11,22H,12H2,1-3H3,(H,21,23). The highest BCUT2D eigenvalue weighted by atomic mass is 16.2. The van der Waals surface area contributed by atoms with Gasteiger partial charge in [0, 0.05) is 24.6 Å². The van der Waals surface area contributed by atoms with E-state index in [2.05, 4.69) is 48.5 Å². The van der Waals surface area contributed by atoms with Crippen LogP contribution in [-0.2, 0) is 12.0 Å². The first kappa shape index (κ1) is 16.9. The molecule has 3 rings (SSSR count). The molecule has 5 heteroatoms. The van der Waals surface area contributed by atoms with E-state index in [1.54, 1.807) is 24.5 Å². The molecule has 0 saturated heterocycles. The zero-order chi connectivity index (χ0) is 18.0. The maximum atomic E-state index is 11.8. The van der Waals surface area contributed by atoms with Crippen LogP contribution in [0.15, 0.2) is 58.4 Å². The van der Waals surface area contributed by atoms with Gasteiger partial charge in [0.25, 0.3) is 10.9 Å². The van der Waals surface area contributed by atoms with Crippen LogP contribution in [0.2, 0.25) is 0 Å². The van der Waals surface area contributed by atoms with Crippen LogP contribution in [0.1, 0.15) is 31.9 Å². The quantitative estimate of drug-likeness (QED) is 0.700. The van der Waals surface area contributed by atoms with E-state index in [0.717, 1.165) is 11.3 Å². The Morgan fingerprint density at radius 1 is 0.880 bits per heavy atom. The molecule has 0 atom stereocenters. The Bertz CT molecular complexity index is 932. The number of hydrogen-bond acceptors (Lipinski definition) is 5. The fourth-order valence-corrected chi connectivity index (χ4v) is 2.57. The predicted octanol–water partition coefficient (Wildman–Crippen LogP) is 3.33. The van der Waals surface area contributed by atoms with Crippen molar-refractivity contribution in [1.29, 1.82) is 0 Å². The monoisotopic (exact) mass is 335 g/mol. The van der Waals surface area contributed by atoms with E-state index < -0.39 is 10.9 Å². The van der Waals surface area contributed by atoms with Crippen LogP contribution in [0, 0.1) is 0 Å². The Labute approximate surface area is 146 Å². The second-order valence-electron chi connectivity index (χ2n) is 7.07. The maximum Gasteiger partial charge on any atom is 0.253 e. The first-order valence-electron chi connectivity index (χ1n) is 8.20. The molecule has 1 heterocycles. The molecule has 0 unspecified atom stereocenters. The number of hydrogen-bond donors (Lipinski definition) is 2. The molecule has 5 nitrogen and oxygen atoms in total. The fraction of sp³-hybridized carbons (Fsp3) is 0.250. The lowest BCUT2D eigenvalue weighted by Gasteiger charge is -2.19. The highest BCUT2D eigenvalue weighted by Crippen LogP contribution is 2.23. The Hall–Kier alpha value is -2.95. The van der Waals surface area contributed by atoms with E-state index in [1.807, 2.05) is 12.1 Å². The van der Waals surface area contributed by atoms with Crippen LogP contribution in [0.5, 0.6) is 0 Å². The number of rotatable bonds is 5. The predicted molar refractivity (Wildman–Crippen MR) is 101 cm³/mol. The summed E-state index contributed by atoms with van der Waals surface area (Å²) in [7, 11) is 0. The van der Waals surface area contributed by atoms with Gasteiger partial charge in [-0.2, -0.15) is 0 Å². The molecule has 3 aromatic rings. The lowest BCUT2D eigenvalue weighted by Crippen LogP contribution is -2.36. The number of benzene rings is 1. The topological polar surface area (TPSA) is 71.1 Å². The largest absolute Gasteiger partial charge is 0.376 e. The highest BCUT2D eigenvalue weighted by Gasteiger charge is 2.21. The lowest BCUT2D eigenvalue weighted by molar-refractivity contribution is 0.590. The van der Waals surface area contributed by atoms with Gasteiger partial charge in [-0.05, 0) is 28.7 Å². The van der Waals surface area contributed by atoms with Gasteiger partial charge in [-0.25, -0.2) is 0 Å². The second kappa shape index (κ2) is 6.51. The normalized spacial score (nSPS) is 11.5. The van der Waals surface area contributed by atoms with E-state index in [9.17, 15) is 9.59 Å². The van der Waals surface area contributed by atoms with Crippen molar-refractivity contribution in [2.75, 3.05) is 10.6 Å². The summed E-state index contributed by atoms with van der Waals surface area (Å²) in [5, 5.41) is 6.06. The van der Waals surface area contributed by atoms with Crippen LogP contribution >= 0.6 is 0 Å². The Morgan fingerprint density at radius 3 is 2.08 bits per heavy atom. The van der Waals surface area contributed by atoms with E-state index >= 15 is 0 Å². The first-order valence-corrected chi connectivity index (χ1v) is 8.20. The average Bonchev–Trinajstić information content (AvgIpc) is 2.61. The molecule has 0 aliphatic rings. The van der Waals surface area contributed by atoms with Gasteiger partial charge in [0.1, 0.15) is 11.4 Å². The van der Waals surface area contributed by atoms with Crippen molar-refractivity contribution in [3.63, 3.8) is 0 Å². The summed E-state index contributed by atoms with van der Waals surface area (Å²) in [6.07, 6.45) is 3.25. The van der Waals surface area contributed by atoms with Gasteiger partial charge in [0.05, 0.1) is 0 Å². The zero-order valence-electron chi connectivity index (χ0n) is 14.6. The fourth-order valence-electron chi connectivity index (χ4n) is 2.57. The number of pyridine rings is 1. The van der Waals surface area contributed by atoms with Gasteiger partial charge >= 0.3 is 0 Å². The van der Waals surface area contributed by atoms with Crippen molar-refractivity contribution in [3.8, 4) is 0 Å². The van der Waals surface area contributed by atoms with Crippen LogP contribution in [0.25, 0.3) is 0 Å². The van der Waals surface area contributed by atoms with Crippen LogP contribution < -0.4 is 21.5 Å². The van der Waals surface area contributed by atoms with E-state index in [4.69, 9.17) is 0 Å². The number of anilines is 3. The molecular formula is C20H21N3O2. The molecule has 0 spiro atoms. The Morgan fingerprint density at radius 2 is 1.48 bits per heavy atom. The molecule has 0 saturated carbocycles. The summed E-state index contributed by atoms with van der Waals surface area (Å²) in [5.41, 5.74) is 2.79. The average molecular weight is 335 g/mol. The molecular weight excluding hydrogens is 314 g/mol. The zero-order valence-corrected chi connectivity index (χ0v) is 14.6. The van der Waals surface area contributed by atoms with Crippen LogP contribution in [0.4, 0.5) is 17.1 Å². The van der Waals surface area contributed by atoms with Crippen molar-refractivity contribution in [3.05, 3.63) is 80.4 Å². The summed E-state index contributed by atoms with van der Waals surface area (Å²) in [5.74, 6) is 0. The molecule has 0 fully saturated rings. The molecule has 0 aliphatic carbocycles.